The first kappa shape index (κ1) is 13.0. The molecule has 1 saturated heterocycles. The molecule has 1 aliphatic heterocycles. The molecular weight excluding hydrogens is 240 g/mol. The molecule has 2 heterocycles. The molecule has 1 aromatic heterocycles. The molecular formula is C12H17F2N3O. The predicted molar refractivity (Wildman–Crippen MR) is 65.8 cm³/mol. The van der Waals surface area contributed by atoms with E-state index in [-0.39, 0.29) is 24.3 Å². The van der Waals surface area contributed by atoms with Crippen LogP contribution in [-0.2, 0) is 0 Å². The third kappa shape index (κ3) is 2.38. The smallest absolute Gasteiger partial charge is 0.168 e. The minimum atomic E-state index is -0.712. The molecule has 1 unspecified atom stereocenters. The third-order valence-electron chi connectivity index (χ3n) is 3.26. The van der Waals surface area contributed by atoms with E-state index < -0.39 is 11.6 Å². The van der Waals surface area contributed by atoms with Crippen molar-refractivity contribution in [3.63, 3.8) is 0 Å². The van der Waals surface area contributed by atoms with E-state index in [2.05, 4.69) is 10.3 Å². The summed E-state index contributed by atoms with van der Waals surface area (Å²) in [4.78, 5) is 5.69. The van der Waals surface area contributed by atoms with Gasteiger partial charge in [-0.25, -0.2) is 13.8 Å². The van der Waals surface area contributed by atoms with Crippen molar-refractivity contribution in [2.75, 3.05) is 30.4 Å². The van der Waals surface area contributed by atoms with Gasteiger partial charge >= 0.3 is 0 Å². The second-order valence-corrected chi connectivity index (χ2v) is 4.40. The van der Waals surface area contributed by atoms with Crippen LogP contribution in [0.2, 0.25) is 0 Å². The summed E-state index contributed by atoms with van der Waals surface area (Å²) in [6, 6.07) is 0.688. The van der Waals surface area contributed by atoms with Gasteiger partial charge in [0.2, 0.25) is 0 Å². The van der Waals surface area contributed by atoms with Gasteiger partial charge in [0.05, 0.1) is 12.6 Å². The number of anilines is 2. The number of piperidine rings is 1. The molecule has 0 amide bonds. The normalized spacial score (nSPS) is 20.0. The SMILES string of the molecule is CNc1nc(N2CCCCC2CO)c(F)cc1F. The van der Waals surface area contributed by atoms with E-state index in [1.54, 1.807) is 4.90 Å². The minimum absolute atomic E-state index is 0.0219. The van der Waals surface area contributed by atoms with Crippen LogP contribution in [0.4, 0.5) is 20.4 Å². The fourth-order valence-corrected chi connectivity index (χ4v) is 2.30. The number of rotatable bonds is 3. The van der Waals surface area contributed by atoms with Crippen LogP contribution in [-0.4, -0.2) is 36.3 Å². The van der Waals surface area contributed by atoms with E-state index in [1.165, 1.54) is 7.05 Å². The highest BCUT2D eigenvalue weighted by Gasteiger charge is 2.26. The molecule has 18 heavy (non-hydrogen) atoms. The van der Waals surface area contributed by atoms with Crippen LogP contribution in [0.3, 0.4) is 0 Å². The number of aromatic nitrogens is 1. The quantitative estimate of drug-likeness (QED) is 0.866. The zero-order valence-corrected chi connectivity index (χ0v) is 10.3. The lowest BCUT2D eigenvalue weighted by Crippen LogP contribution is -2.43. The number of hydrogen-bond acceptors (Lipinski definition) is 4. The standard InChI is InChI=1S/C12H17F2N3O/c1-15-11-9(13)6-10(14)12(16-11)17-5-3-2-4-8(17)7-18/h6,8,18H,2-5,7H2,1H3,(H,15,16). The Labute approximate surface area is 105 Å². The molecule has 6 heteroatoms. The fourth-order valence-electron chi connectivity index (χ4n) is 2.30. The van der Waals surface area contributed by atoms with Crippen LogP contribution in [0.5, 0.6) is 0 Å². The van der Waals surface area contributed by atoms with Gasteiger partial charge in [-0.15, -0.1) is 0 Å². The summed E-state index contributed by atoms with van der Waals surface area (Å²) in [5, 5.41) is 11.9. The molecule has 0 bridgehead atoms. The molecule has 100 valence electrons. The monoisotopic (exact) mass is 257 g/mol. The molecule has 0 spiro atoms. The molecule has 0 aromatic carbocycles. The van der Waals surface area contributed by atoms with Gasteiger partial charge < -0.3 is 15.3 Å². The Morgan fingerprint density at radius 2 is 2.22 bits per heavy atom. The highest BCUT2D eigenvalue weighted by molar-refractivity contribution is 5.50. The first-order valence-corrected chi connectivity index (χ1v) is 6.08. The molecule has 0 aliphatic carbocycles. The Morgan fingerprint density at radius 3 is 2.89 bits per heavy atom. The van der Waals surface area contributed by atoms with Gasteiger partial charge in [-0.2, -0.15) is 0 Å². The maximum Gasteiger partial charge on any atom is 0.168 e. The van der Waals surface area contributed by atoms with Crippen LogP contribution < -0.4 is 10.2 Å². The number of pyridine rings is 1. The molecule has 2 N–H and O–H groups in total. The largest absolute Gasteiger partial charge is 0.394 e. The van der Waals surface area contributed by atoms with Crippen molar-refractivity contribution in [1.29, 1.82) is 0 Å². The highest BCUT2D eigenvalue weighted by Crippen LogP contribution is 2.27. The number of halogens is 2. The number of aliphatic hydroxyl groups is 1. The summed E-state index contributed by atoms with van der Waals surface area (Å²) >= 11 is 0. The van der Waals surface area contributed by atoms with Crippen molar-refractivity contribution in [3.8, 4) is 0 Å². The van der Waals surface area contributed by atoms with Crippen LogP contribution >= 0.6 is 0 Å². The molecule has 4 nitrogen and oxygen atoms in total. The predicted octanol–water partition coefficient (Wildman–Crippen LogP) is 1.75. The molecule has 1 fully saturated rings. The topological polar surface area (TPSA) is 48.4 Å². The van der Waals surface area contributed by atoms with Crippen LogP contribution in [0.25, 0.3) is 0 Å². The average molecular weight is 257 g/mol. The Bertz CT molecular complexity index is 428. The maximum atomic E-state index is 13.8. The van der Waals surface area contributed by atoms with Crippen molar-refractivity contribution >= 4 is 11.6 Å². The summed E-state index contributed by atoms with van der Waals surface area (Å²) in [6.45, 7) is 0.581. The number of nitrogens with zero attached hydrogens (tertiary/aromatic N) is 2. The number of hydrogen-bond donors (Lipinski definition) is 2. The lowest BCUT2D eigenvalue weighted by atomic mass is 10.0. The molecule has 2 rings (SSSR count). The Balaban J connectivity index is 2.36. The second-order valence-electron chi connectivity index (χ2n) is 4.40. The van der Waals surface area contributed by atoms with Gasteiger partial charge in [-0.05, 0) is 19.3 Å². The van der Waals surface area contributed by atoms with E-state index in [0.717, 1.165) is 25.3 Å². The number of aliphatic hydroxyl groups excluding tert-OH is 1. The van der Waals surface area contributed by atoms with Crippen LogP contribution in [0, 0.1) is 11.6 Å². The highest BCUT2D eigenvalue weighted by atomic mass is 19.1. The average Bonchev–Trinajstić information content (AvgIpc) is 2.39. The van der Waals surface area contributed by atoms with Crippen molar-refractivity contribution in [2.24, 2.45) is 0 Å². The zero-order chi connectivity index (χ0) is 13.1. The minimum Gasteiger partial charge on any atom is -0.394 e. The Morgan fingerprint density at radius 1 is 1.44 bits per heavy atom. The zero-order valence-electron chi connectivity index (χ0n) is 10.3. The van der Waals surface area contributed by atoms with Crippen molar-refractivity contribution in [2.45, 2.75) is 25.3 Å². The van der Waals surface area contributed by atoms with E-state index in [1.807, 2.05) is 0 Å². The molecule has 1 atom stereocenters. The van der Waals surface area contributed by atoms with E-state index in [0.29, 0.717) is 6.54 Å². The van der Waals surface area contributed by atoms with Crippen molar-refractivity contribution in [3.05, 3.63) is 17.7 Å². The molecule has 1 aromatic rings. The summed E-state index contributed by atoms with van der Waals surface area (Å²) < 4.78 is 27.2. The van der Waals surface area contributed by atoms with Gasteiger partial charge in [-0.3, -0.25) is 0 Å². The number of nitrogens with one attached hydrogen (secondary N) is 1. The van der Waals surface area contributed by atoms with Crippen LogP contribution in [0.15, 0.2) is 6.07 Å². The second kappa shape index (κ2) is 5.48. The molecule has 0 saturated carbocycles. The van der Waals surface area contributed by atoms with E-state index in [4.69, 9.17) is 0 Å². The summed E-state index contributed by atoms with van der Waals surface area (Å²) in [7, 11) is 1.53. The van der Waals surface area contributed by atoms with Crippen molar-refractivity contribution < 1.29 is 13.9 Å². The van der Waals surface area contributed by atoms with Gasteiger partial charge in [0.25, 0.3) is 0 Å². The lowest BCUT2D eigenvalue weighted by Gasteiger charge is -2.35. The first-order valence-electron chi connectivity index (χ1n) is 6.08. The van der Waals surface area contributed by atoms with Crippen LogP contribution in [0.1, 0.15) is 19.3 Å². The van der Waals surface area contributed by atoms with Gasteiger partial charge in [0, 0.05) is 19.7 Å². The fraction of sp³-hybridized carbons (Fsp3) is 0.583. The third-order valence-corrected chi connectivity index (χ3v) is 3.26. The Kier molecular flexibility index (Phi) is 3.96. The first-order chi connectivity index (χ1) is 8.67. The van der Waals surface area contributed by atoms with Crippen molar-refractivity contribution in [1.82, 2.24) is 4.98 Å². The lowest BCUT2D eigenvalue weighted by molar-refractivity contribution is 0.238. The van der Waals surface area contributed by atoms with E-state index in [9.17, 15) is 13.9 Å². The molecule has 1 aliphatic rings. The summed E-state index contributed by atoms with van der Waals surface area (Å²) in [5.41, 5.74) is 0. The summed E-state index contributed by atoms with van der Waals surface area (Å²) in [6.07, 6.45) is 2.72. The molecule has 0 radical (unpaired) electrons. The van der Waals surface area contributed by atoms with Gasteiger partial charge in [0.1, 0.15) is 0 Å². The van der Waals surface area contributed by atoms with E-state index >= 15 is 0 Å². The maximum absolute atomic E-state index is 13.8. The van der Waals surface area contributed by atoms with Gasteiger partial charge in [-0.1, -0.05) is 0 Å². The summed E-state index contributed by atoms with van der Waals surface area (Å²) in [5.74, 6) is -1.27. The Hall–Kier alpha value is -1.43. The van der Waals surface area contributed by atoms with Gasteiger partial charge in [0.15, 0.2) is 23.3 Å².